The molecule has 2 aromatic rings. The van der Waals surface area contributed by atoms with Gasteiger partial charge in [-0.1, -0.05) is 5.21 Å². The molecule has 0 saturated heterocycles. The maximum atomic E-state index is 11.0. The highest BCUT2D eigenvalue weighted by atomic mass is 16.4. The van der Waals surface area contributed by atoms with E-state index in [-0.39, 0.29) is 5.69 Å². The molecular weight excluding hydrogens is 264 g/mol. The van der Waals surface area contributed by atoms with E-state index in [0.29, 0.717) is 11.4 Å². The molecule has 20 heavy (non-hydrogen) atoms. The molecule has 2 N–H and O–H groups in total. The number of hydrogen-bond donors (Lipinski definition) is 2. The molecule has 0 saturated carbocycles. The van der Waals surface area contributed by atoms with Crippen LogP contribution in [0.4, 0.5) is 0 Å². The summed E-state index contributed by atoms with van der Waals surface area (Å²) in [6.07, 6.45) is 1.57. The van der Waals surface area contributed by atoms with Crippen LogP contribution in [0.2, 0.25) is 0 Å². The number of nitrogens with zero attached hydrogens (tertiary/aromatic N) is 4. The zero-order chi connectivity index (χ0) is 15.3. The smallest absolute Gasteiger partial charge is 0.356 e. The summed E-state index contributed by atoms with van der Waals surface area (Å²) >= 11 is 0. The molecule has 0 bridgehead atoms. The molecule has 2 aromatic heterocycles. The molecule has 0 atom stereocenters. The van der Waals surface area contributed by atoms with Gasteiger partial charge < -0.3 is 10.2 Å². The molecule has 0 aliphatic rings. The van der Waals surface area contributed by atoms with Gasteiger partial charge in [-0.3, -0.25) is 9.78 Å². The second-order valence-electron chi connectivity index (χ2n) is 3.92. The molecule has 2 rings (SSSR count). The highest BCUT2D eigenvalue weighted by Gasteiger charge is 2.17. The molecule has 0 amide bonds. The van der Waals surface area contributed by atoms with Crippen LogP contribution in [0.1, 0.15) is 28.8 Å². The van der Waals surface area contributed by atoms with E-state index < -0.39 is 11.9 Å². The zero-order valence-corrected chi connectivity index (χ0v) is 11.2. The summed E-state index contributed by atoms with van der Waals surface area (Å²) < 4.78 is 1.27. The SMILES string of the molecule is CC(=O)O.Cc1ccc(-n2nnc(C)c2C(=O)O)cn1. The van der Waals surface area contributed by atoms with Crippen LogP contribution < -0.4 is 0 Å². The number of aryl methyl sites for hydroxylation is 2. The van der Waals surface area contributed by atoms with Crippen molar-refractivity contribution in [3.8, 4) is 5.69 Å². The van der Waals surface area contributed by atoms with E-state index in [1.807, 2.05) is 6.92 Å². The Hall–Kier alpha value is -2.77. The first kappa shape index (κ1) is 15.3. The van der Waals surface area contributed by atoms with Crippen LogP contribution in [0.5, 0.6) is 0 Å². The maximum absolute atomic E-state index is 11.0. The number of rotatable bonds is 2. The van der Waals surface area contributed by atoms with Crippen LogP contribution in [-0.2, 0) is 4.79 Å². The van der Waals surface area contributed by atoms with Crippen molar-refractivity contribution in [2.24, 2.45) is 0 Å². The van der Waals surface area contributed by atoms with Gasteiger partial charge in [-0.2, -0.15) is 0 Å². The Morgan fingerprint density at radius 2 is 1.80 bits per heavy atom. The molecule has 0 radical (unpaired) electrons. The van der Waals surface area contributed by atoms with Gasteiger partial charge in [0.2, 0.25) is 0 Å². The molecule has 0 aromatic carbocycles. The molecule has 106 valence electrons. The third-order valence-corrected chi connectivity index (χ3v) is 2.18. The van der Waals surface area contributed by atoms with E-state index >= 15 is 0 Å². The summed E-state index contributed by atoms with van der Waals surface area (Å²) in [5.74, 6) is -1.89. The fraction of sp³-hybridized carbons (Fsp3) is 0.250. The molecule has 0 spiro atoms. The Bertz CT molecular complexity index is 615. The van der Waals surface area contributed by atoms with E-state index in [1.165, 1.54) is 4.68 Å². The van der Waals surface area contributed by atoms with Crippen LogP contribution in [0.15, 0.2) is 18.3 Å². The summed E-state index contributed by atoms with van der Waals surface area (Å²) in [4.78, 5) is 24.1. The number of aromatic nitrogens is 4. The molecule has 8 heteroatoms. The fourth-order valence-electron chi connectivity index (χ4n) is 1.37. The van der Waals surface area contributed by atoms with E-state index in [9.17, 15) is 4.79 Å². The van der Waals surface area contributed by atoms with E-state index in [0.717, 1.165) is 12.6 Å². The van der Waals surface area contributed by atoms with E-state index in [4.69, 9.17) is 15.0 Å². The van der Waals surface area contributed by atoms with Crippen LogP contribution in [0, 0.1) is 13.8 Å². The van der Waals surface area contributed by atoms with Crippen LogP contribution in [-0.4, -0.2) is 42.1 Å². The standard InChI is InChI=1S/C10H10N4O2.C2H4O2/c1-6-3-4-8(5-11-6)14-9(10(15)16)7(2)12-13-14;1-2(3)4/h3-5H,1-2H3,(H,15,16);1H3,(H,3,4). The van der Waals surface area contributed by atoms with Crippen molar-refractivity contribution < 1.29 is 19.8 Å². The van der Waals surface area contributed by atoms with Gasteiger partial charge in [-0.25, -0.2) is 9.48 Å². The Morgan fingerprint density at radius 1 is 1.20 bits per heavy atom. The first-order chi connectivity index (χ1) is 9.32. The van der Waals surface area contributed by atoms with Crippen molar-refractivity contribution >= 4 is 11.9 Å². The van der Waals surface area contributed by atoms with Gasteiger partial charge in [0.25, 0.3) is 5.97 Å². The van der Waals surface area contributed by atoms with Crippen molar-refractivity contribution in [3.63, 3.8) is 0 Å². The number of hydrogen-bond acceptors (Lipinski definition) is 5. The summed E-state index contributed by atoms with van der Waals surface area (Å²) in [7, 11) is 0. The van der Waals surface area contributed by atoms with Crippen LogP contribution in [0.3, 0.4) is 0 Å². The summed E-state index contributed by atoms with van der Waals surface area (Å²) in [6, 6.07) is 3.54. The van der Waals surface area contributed by atoms with Gasteiger partial charge in [0.15, 0.2) is 5.69 Å². The molecule has 0 aliphatic carbocycles. The Kier molecular flexibility index (Phi) is 4.90. The normalized spacial score (nSPS) is 9.55. The highest BCUT2D eigenvalue weighted by molar-refractivity contribution is 5.87. The lowest BCUT2D eigenvalue weighted by Crippen LogP contribution is -2.09. The summed E-state index contributed by atoms with van der Waals surface area (Å²) in [6.45, 7) is 4.54. The Labute approximate surface area is 114 Å². The lowest BCUT2D eigenvalue weighted by molar-refractivity contribution is -0.134. The summed E-state index contributed by atoms with van der Waals surface area (Å²) in [5, 5.41) is 24.0. The van der Waals surface area contributed by atoms with Crippen molar-refractivity contribution in [1.29, 1.82) is 0 Å². The van der Waals surface area contributed by atoms with Crippen molar-refractivity contribution in [2.45, 2.75) is 20.8 Å². The third-order valence-electron chi connectivity index (χ3n) is 2.18. The predicted molar refractivity (Wildman–Crippen MR) is 68.9 cm³/mol. The number of carboxylic acid groups (broad SMARTS) is 2. The number of pyridine rings is 1. The second kappa shape index (κ2) is 6.41. The minimum Gasteiger partial charge on any atom is -0.481 e. The second-order valence-corrected chi connectivity index (χ2v) is 3.92. The number of carbonyl (C=O) groups is 2. The minimum atomic E-state index is -1.05. The van der Waals surface area contributed by atoms with Gasteiger partial charge in [0.1, 0.15) is 0 Å². The molecule has 0 unspecified atom stereocenters. The molecule has 0 aliphatic heterocycles. The quantitative estimate of drug-likeness (QED) is 0.843. The monoisotopic (exact) mass is 278 g/mol. The van der Waals surface area contributed by atoms with Crippen LogP contribution in [0.25, 0.3) is 5.69 Å². The number of aromatic carboxylic acids is 1. The van der Waals surface area contributed by atoms with Crippen molar-refractivity contribution in [2.75, 3.05) is 0 Å². The molecule has 2 heterocycles. The lowest BCUT2D eigenvalue weighted by Gasteiger charge is -2.02. The number of carboxylic acids is 2. The van der Waals surface area contributed by atoms with Crippen molar-refractivity contribution in [3.05, 3.63) is 35.4 Å². The zero-order valence-electron chi connectivity index (χ0n) is 11.2. The predicted octanol–water partition coefficient (Wildman–Crippen LogP) is 1.07. The highest BCUT2D eigenvalue weighted by Crippen LogP contribution is 2.11. The van der Waals surface area contributed by atoms with Gasteiger partial charge >= 0.3 is 5.97 Å². The molecule has 0 fully saturated rings. The Balaban J connectivity index is 0.000000444. The molecule has 8 nitrogen and oxygen atoms in total. The van der Waals surface area contributed by atoms with E-state index in [1.54, 1.807) is 25.3 Å². The first-order valence-corrected chi connectivity index (χ1v) is 5.61. The van der Waals surface area contributed by atoms with Crippen molar-refractivity contribution in [1.82, 2.24) is 20.0 Å². The Morgan fingerprint density at radius 3 is 2.25 bits per heavy atom. The topological polar surface area (TPSA) is 118 Å². The lowest BCUT2D eigenvalue weighted by atomic mass is 10.3. The number of aliphatic carboxylic acids is 1. The van der Waals surface area contributed by atoms with Gasteiger partial charge in [-0.05, 0) is 26.0 Å². The van der Waals surface area contributed by atoms with Gasteiger partial charge in [0, 0.05) is 12.6 Å². The average Bonchev–Trinajstić information content (AvgIpc) is 2.71. The maximum Gasteiger partial charge on any atom is 0.356 e. The van der Waals surface area contributed by atoms with E-state index in [2.05, 4.69) is 15.3 Å². The largest absolute Gasteiger partial charge is 0.481 e. The third kappa shape index (κ3) is 3.87. The first-order valence-electron chi connectivity index (χ1n) is 5.61. The molecular formula is C12H14N4O4. The van der Waals surface area contributed by atoms with Gasteiger partial charge in [0.05, 0.1) is 17.6 Å². The average molecular weight is 278 g/mol. The van der Waals surface area contributed by atoms with Gasteiger partial charge in [-0.15, -0.1) is 5.10 Å². The summed E-state index contributed by atoms with van der Waals surface area (Å²) in [5.41, 5.74) is 1.89. The fourth-order valence-corrected chi connectivity index (χ4v) is 1.37. The van der Waals surface area contributed by atoms with Crippen LogP contribution >= 0.6 is 0 Å². The minimum absolute atomic E-state index is 0.0608.